The van der Waals surface area contributed by atoms with Gasteiger partial charge in [-0.1, -0.05) is 30.3 Å². The van der Waals surface area contributed by atoms with Crippen LogP contribution in [0.15, 0.2) is 54.6 Å². The molecule has 0 aliphatic rings. The highest BCUT2D eigenvalue weighted by Gasteiger charge is 2.21. The number of halogens is 1. The summed E-state index contributed by atoms with van der Waals surface area (Å²) in [6.45, 7) is 2.70. The van der Waals surface area contributed by atoms with Crippen LogP contribution in [0.1, 0.15) is 6.92 Å². The smallest absolute Gasteiger partial charge is 0.227 e. The number of anilines is 2. The molecule has 7 heteroatoms. The van der Waals surface area contributed by atoms with Gasteiger partial charge < -0.3 is 10.6 Å². The van der Waals surface area contributed by atoms with Crippen LogP contribution in [-0.4, -0.2) is 33.3 Å². The van der Waals surface area contributed by atoms with Crippen molar-refractivity contribution in [2.24, 2.45) is 0 Å². The quantitative estimate of drug-likeness (QED) is 0.600. The Labute approximate surface area is 156 Å². The molecule has 2 N–H and O–H groups in total. The average molecular weight is 362 g/mol. The second kappa shape index (κ2) is 6.68. The van der Waals surface area contributed by atoms with E-state index in [9.17, 15) is 4.39 Å². The number of aromatic nitrogens is 4. The lowest BCUT2D eigenvalue weighted by Crippen LogP contribution is -2.19. The molecule has 0 spiro atoms. The third-order valence-electron chi connectivity index (χ3n) is 4.50. The first-order valence-corrected chi connectivity index (χ1v) is 8.68. The molecule has 27 heavy (non-hydrogen) atoms. The Kier molecular flexibility index (Phi) is 4.19. The first-order chi connectivity index (χ1) is 13.1. The third-order valence-corrected chi connectivity index (χ3v) is 4.50. The number of para-hydroxylation sites is 1. The fourth-order valence-corrected chi connectivity index (χ4v) is 2.93. The molecule has 0 atom stereocenters. The van der Waals surface area contributed by atoms with E-state index in [0.717, 1.165) is 5.69 Å². The Morgan fingerprint density at radius 2 is 1.74 bits per heavy atom. The predicted molar refractivity (Wildman–Crippen MR) is 105 cm³/mol. The summed E-state index contributed by atoms with van der Waals surface area (Å²) in [5.41, 5.74) is 8.44. The molecule has 0 fully saturated rings. The van der Waals surface area contributed by atoms with Crippen molar-refractivity contribution < 1.29 is 4.39 Å². The number of fused-ring (bicyclic) bond motifs is 1. The Bertz CT molecular complexity index is 1110. The lowest BCUT2D eigenvalue weighted by atomic mass is 10.1. The maximum atomic E-state index is 14.5. The van der Waals surface area contributed by atoms with Crippen LogP contribution in [0, 0.1) is 5.82 Å². The molecule has 6 nitrogen and oxygen atoms in total. The fourth-order valence-electron chi connectivity index (χ4n) is 2.93. The van der Waals surface area contributed by atoms with Gasteiger partial charge in [-0.05, 0) is 31.2 Å². The maximum absolute atomic E-state index is 14.5. The molecule has 0 amide bonds. The zero-order valence-corrected chi connectivity index (χ0v) is 15.1. The van der Waals surface area contributed by atoms with E-state index in [1.807, 2.05) is 49.2 Å². The van der Waals surface area contributed by atoms with Gasteiger partial charge >= 0.3 is 0 Å². The molecule has 0 saturated heterocycles. The average Bonchev–Trinajstić information content (AvgIpc) is 3.04. The van der Waals surface area contributed by atoms with Crippen LogP contribution in [0.4, 0.5) is 16.2 Å². The molecule has 0 aliphatic carbocycles. The molecule has 4 rings (SSSR count). The number of benzene rings is 2. The summed E-state index contributed by atoms with van der Waals surface area (Å²) < 4.78 is 16.1. The van der Waals surface area contributed by atoms with Crippen LogP contribution >= 0.6 is 0 Å². The van der Waals surface area contributed by atoms with Gasteiger partial charge in [-0.25, -0.2) is 14.1 Å². The summed E-state index contributed by atoms with van der Waals surface area (Å²) in [5.74, 6) is 0.482. The second-order valence-corrected chi connectivity index (χ2v) is 6.20. The number of nitrogen functional groups attached to an aromatic ring is 1. The van der Waals surface area contributed by atoms with Crippen LogP contribution in [0.2, 0.25) is 0 Å². The van der Waals surface area contributed by atoms with Gasteiger partial charge in [-0.3, -0.25) is 0 Å². The summed E-state index contributed by atoms with van der Waals surface area (Å²) in [7, 11) is 1.88. The van der Waals surface area contributed by atoms with Crippen molar-refractivity contribution in [1.82, 2.24) is 19.7 Å². The van der Waals surface area contributed by atoms with Crippen molar-refractivity contribution in [2.75, 3.05) is 24.2 Å². The van der Waals surface area contributed by atoms with Crippen LogP contribution in [0.25, 0.3) is 28.0 Å². The highest BCUT2D eigenvalue weighted by Crippen LogP contribution is 2.34. The van der Waals surface area contributed by atoms with E-state index in [4.69, 9.17) is 5.73 Å². The number of nitrogens with two attached hydrogens (primary N) is 1. The summed E-state index contributed by atoms with van der Waals surface area (Å²) in [4.78, 5) is 11.0. The van der Waals surface area contributed by atoms with E-state index < -0.39 is 0 Å². The summed E-state index contributed by atoms with van der Waals surface area (Å²) in [6, 6.07) is 16.0. The van der Waals surface area contributed by atoms with Crippen LogP contribution < -0.4 is 10.6 Å². The first kappa shape index (κ1) is 17.0. The Morgan fingerprint density at radius 3 is 2.44 bits per heavy atom. The van der Waals surface area contributed by atoms with Crippen molar-refractivity contribution in [3.8, 4) is 16.9 Å². The molecule has 0 aliphatic heterocycles. The number of hydrogen-bond donors (Lipinski definition) is 1. The lowest BCUT2D eigenvalue weighted by Gasteiger charge is -2.15. The molecular weight excluding hydrogens is 343 g/mol. The van der Waals surface area contributed by atoms with Gasteiger partial charge in [0, 0.05) is 19.2 Å². The monoisotopic (exact) mass is 362 g/mol. The predicted octanol–water partition coefficient (Wildman–Crippen LogP) is 3.66. The highest BCUT2D eigenvalue weighted by atomic mass is 19.1. The highest BCUT2D eigenvalue weighted by molar-refractivity contribution is 5.99. The maximum Gasteiger partial charge on any atom is 0.227 e. The van der Waals surface area contributed by atoms with Gasteiger partial charge in [0.1, 0.15) is 11.6 Å². The van der Waals surface area contributed by atoms with Gasteiger partial charge in [0.15, 0.2) is 5.65 Å². The molecule has 0 radical (unpaired) electrons. The fraction of sp³-hybridized carbons (Fsp3) is 0.150. The van der Waals surface area contributed by atoms with Crippen LogP contribution in [0.3, 0.4) is 0 Å². The Morgan fingerprint density at radius 1 is 1.04 bits per heavy atom. The standard InChI is InChI=1S/C20H19FN6/c1-3-26(2)20-23-17(14-11-7-8-12-15(14)21)16-18(22)27(25-19(16)24-20)13-9-5-4-6-10-13/h4-12H,3,22H2,1-2H3. The SMILES string of the molecule is CCN(C)c1nc(-c2ccccc2F)c2c(N)n(-c3ccccc3)nc2n1. The van der Waals surface area contributed by atoms with Crippen molar-refractivity contribution in [3.05, 3.63) is 60.4 Å². The normalized spacial score (nSPS) is 11.1. The van der Waals surface area contributed by atoms with Crippen LogP contribution in [-0.2, 0) is 0 Å². The molecule has 2 aromatic heterocycles. The Hall–Kier alpha value is -3.48. The number of hydrogen-bond acceptors (Lipinski definition) is 5. The second-order valence-electron chi connectivity index (χ2n) is 6.20. The van der Waals surface area contributed by atoms with Gasteiger partial charge in [0.2, 0.25) is 5.95 Å². The molecule has 4 aromatic rings. The summed E-state index contributed by atoms with van der Waals surface area (Å²) in [6.07, 6.45) is 0. The first-order valence-electron chi connectivity index (χ1n) is 8.68. The van der Waals surface area contributed by atoms with E-state index in [1.165, 1.54) is 6.07 Å². The van der Waals surface area contributed by atoms with E-state index in [1.54, 1.807) is 22.9 Å². The zero-order chi connectivity index (χ0) is 19.0. The zero-order valence-electron chi connectivity index (χ0n) is 15.1. The van der Waals surface area contributed by atoms with Crippen molar-refractivity contribution in [1.29, 1.82) is 0 Å². The van der Waals surface area contributed by atoms with Gasteiger partial charge in [0.05, 0.1) is 16.8 Å². The van der Waals surface area contributed by atoms with E-state index in [0.29, 0.717) is 40.6 Å². The minimum Gasteiger partial charge on any atom is -0.383 e. The van der Waals surface area contributed by atoms with Crippen LogP contribution in [0.5, 0.6) is 0 Å². The topological polar surface area (TPSA) is 72.9 Å². The van der Waals surface area contributed by atoms with E-state index in [-0.39, 0.29) is 5.82 Å². The third kappa shape index (κ3) is 2.87. The molecule has 0 bridgehead atoms. The van der Waals surface area contributed by atoms with E-state index in [2.05, 4.69) is 15.1 Å². The van der Waals surface area contributed by atoms with E-state index >= 15 is 0 Å². The molecule has 0 saturated carbocycles. The largest absolute Gasteiger partial charge is 0.383 e. The molecule has 2 heterocycles. The molecular formula is C20H19FN6. The van der Waals surface area contributed by atoms with Crippen molar-refractivity contribution in [2.45, 2.75) is 6.92 Å². The van der Waals surface area contributed by atoms with Gasteiger partial charge in [-0.15, -0.1) is 5.10 Å². The Balaban J connectivity index is 2.05. The van der Waals surface area contributed by atoms with Gasteiger partial charge in [0.25, 0.3) is 0 Å². The molecule has 136 valence electrons. The molecule has 2 aromatic carbocycles. The van der Waals surface area contributed by atoms with Crippen molar-refractivity contribution >= 4 is 22.8 Å². The minimum atomic E-state index is -0.366. The lowest BCUT2D eigenvalue weighted by molar-refractivity contribution is 0.631. The van der Waals surface area contributed by atoms with Crippen molar-refractivity contribution in [3.63, 3.8) is 0 Å². The minimum absolute atomic E-state index is 0.366. The number of nitrogens with zero attached hydrogens (tertiary/aromatic N) is 5. The van der Waals surface area contributed by atoms with Gasteiger partial charge in [-0.2, -0.15) is 4.98 Å². The summed E-state index contributed by atoms with van der Waals surface area (Å²) >= 11 is 0. The summed E-state index contributed by atoms with van der Waals surface area (Å²) in [5, 5.41) is 5.11. The number of rotatable bonds is 4. The molecule has 0 unspecified atom stereocenters.